The van der Waals surface area contributed by atoms with Gasteiger partial charge in [0.2, 0.25) is 10.0 Å². The van der Waals surface area contributed by atoms with Gasteiger partial charge in [0, 0.05) is 24.2 Å². The molecule has 144 valence electrons. The van der Waals surface area contributed by atoms with E-state index in [1.807, 2.05) is 0 Å². The molecule has 2 aromatic carbocycles. The van der Waals surface area contributed by atoms with E-state index >= 15 is 0 Å². The second-order valence-corrected chi connectivity index (χ2v) is 7.80. The molecule has 0 saturated heterocycles. The second kappa shape index (κ2) is 7.99. The van der Waals surface area contributed by atoms with Gasteiger partial charge in [-0.25, -0.2) is 17.5 Å². The molecule has 2 aromatic rings. The number of fused-ring (bicyclic) bond motifs is 1. The van der Waals surface area contributed by atoms with Crippen LogP contribution in [0, 0.1) is 15.9 Å². The second-order valence-electron chi connectivity index (χ2n) is 5.99. The lowest BCUT2D eigenvalue weighted by Gasteiger charge is -2.21. The van der Waals surface area contributed by atoms with Crippen LogP contribution in [0.5, 0.6) is 5.75 Å². The zero-order valence-electron chi connectivity index (χ0n) is 14.2. The Hall–Kier alpha value is -2.56. The summed E-state index contributed by atoms with van der Waals surface area (Å²) in [6.45, 7) is 0.333. The molecule has 0 aromatic heterocycles. The van der Waals surface area contributed by atoms with Crippen LogP contribution in [0.25, 0.3) is 0 Å². The molecule has 0 bridgehead atoms. The Balaban J connectivity index is 1.64. The Morgan fingerprint density at radius 3 is 2.85 bits per heavy atom. The monoisotopic (exact) mass is 396 g/mol. The molecule has 1 aliphatic rings. The number of benzene rings is 2. The predicted molar refractivity (Wildman–Crippen MR) is 94.1 cm³/mol. The molecule has 0 spiro atoms. The molecule has 0 amide bonds. The van der Waals surface area contributed by atoms with Gasteiger partial charge in [-0.15, -0.1) is 0 Å². The SMILES string of the molecule is O=[N+]([O-])c1cccc(CS(=O)(=O)NCCc2cc(F)cc3c2OCOC3)c1. The molecule has 1 N–H and O–H groups in total. The number of rotatable bonds is 7. The Morgan fingerprint density at radius 1 is 1.26 bits per heavy atom. The normalized spacial score (nSPS) is 13.7. The highest BCUT2D eigenvalue weighted by Gasteiger charge is 2.18. The number of hydrogen-bond donors (Lipinski definition) is 1. The first-order valence-electron chi connectivity index (χ1n) is 8.06. The fourth-order valence-electron chi connectivity index (χ4n) is 2.81. The molecular weight excluding hydrogens is 379 g/mol. The molecule has 0 radical (unpaired) electrons. The van der Waals surface area contributed by atoms with Crippen LogP contribution in [0.1, 0.15) is 16.7 Å². The largest absolute Gasteiger partial charge is 0.467 e. The van der Waals surface area contributed by atoms with Gasteiger partial charge in [-0.1, -0.05) is 12.1 Å². The van der Waals surface area contributed by atoms with Crippen LogP contribution in [-0.4, -0.2) is 26.7 Å². The lowest BCUT2D eigenvalue weighted by atomic mass is 10.1. The van der Waals surface area contributed by atoms with Gasteiger partial charge < -0.3 is 9.47 Å². The van der Waals surface area contributed by atoms with Crippen molar-refractivity contribution < 1.29 is 27.2 Å². The molecule has 0 atom stereocenters. The lowest BCUT2D eigenvalue weighted by Crippen LogP contribution is -2.27. The highest BCUT2D eigenvalue weighted by atomic mass is 32.2. The van der Waals surface area contributed by atoms with Crippen molar-refractivity contribution in [3.05, 3.63) is 69.0 Å². The summed E-state index contributed by atoms with van der Waals surface area (Å²) < 4.78 is 51.1. The van der Waals surface area contributed by atoms with Gasteiger partial charge in [-0.3, -0.25) is 10.1 Å². The number of non-ortho nitro benzene ring substituents is 1. The Kier molecular flexibility index (Phi) is 5.68. The number of sulfonamides is 1. The smallest absolute Gasteiger partial charge is 0.269 e. The number of nitrogens with zero attached hydrogens (tertiary/aromatic N) is 1. The van der Waals surface area contributed by atoms with Crippen molar-refractivity contribution in [3.8, 4) is 5.75 Å². The van der Waals surface area contributed by atoms with Gasteiger partial charge in [-0.05, 0) is 29.7 Å². The Bertz CT molecular complexity index is 964. The van der Waals surface area contributed by atoms with Gasteiger partial charge in [-0.2, -0.15) is 0 Å². The van der Waals surface area contributed by atoms with E-state index in [1.54, 1.807) is 0 Å². The third-order valence-electron chi connectivity index (χ3n) is 3.95. The van der Waals surface area contributed by atoms with Crippen molar-refractivity contribution in [1.82, 2.24) is 4.72 Å². The summed E-state index contributed by atoms with van der Waals surface area (Å²) in [4.78, 5) is 10.2. The lowest BCUT2D eigenvalue weighted by molar-refractivity contribution is -0.384. The molecule has 10 heteroatoms. The van der Waals surface area contributed by atoms with Crippen LogP contribution in [0.2, 0.25) is 0 Å². The topological polar surface area (TPSA) is 108 Å². The summed E-state index contributed by atoms with van der Waals surface area (Å²) in [5, 5.41) is 10.8. The van der Waals surface area contributed by atoms with Crippen LogP contribution in [0.3, 0.4) is 0 Å². The summed E-state index contributed by atoms with van der Waals surface area (Å²) in [5.41, 5.74) is 1.26. The molecule has 8 nitrogen and oxygen atoms in total. The molecule has 3 rings (SSSR count). The molecule has 0 fully saturated rings. The zero-order valence-corrected chi connectivity index (χ0v) is 15.0. The first-order valence-corrected chi connectivity index (χ1v) is 9.72. The molecule has 0 saturated carbocycles. The third kappa shape index (κ3) is 5.00. The van der Waals surface area contributed by atoms with Gasteiger partial charge in [0.25, 0.3) is 5.69 Å². The summed E-state index contributed by atoms with van der Waals surface area (Å²) in [5.74, 6) is -0.321. The maximum atomic E-state index is 13.7. The number of hydrogen-bond acceptors (Lipinski definition) is 6. The van der Waals surface area contributed by atoms with E-state index in [2.05, 4.69) is 4.72 Å². The van der Waals surface area contributed by atoms with Crippen molar-refractivity contribution in [2.24, 2.45) is 0 Å². The molecule has 27 heavy (non-hydrogen) atoms. The summed E-state index contributed by atoms with van der Waals surface area (Å²) in [6.07, 6.45) is 0.230. The first-order chi connectivity index (χ1) is 12.8. The number of nitro benzene ring substituents is 1. The summed E-state index contributed by atoms with van der Waals surface area (Å²) >= 11 is 0. The zero-order chi connectivity index (χ0) is 19.4. The van der Waals surface area contributed by atoms with E-state index in [0.29, 0.717) is 22.4 Å². The minimum Gasteiger partial charge on any atom is -0.467 e. The number of nitrogens with one attached hydrogen (secondary N) is 1. The van der Waals surface area contributed by atoms with Gasteiger partial charge in [0.1, 0.15) is 11.6 Å². The van der Waals surface area contributed by atoms with Crippen molar-refractivity contribution in [1.29, 1.82) is 0 Å². The minimum atomic E-state index is -3.71. The summed E-state index contributed by atoms with van der Waals surface area (Å²) in [6, 6.07) is 8.07. The minimum absolute atomic E-state index is 0.0391. The number of halogens is 1. The highest BCUT2D eigenvalue weighted by Crippen LogP contribution is 2.29. The average molecular weight is 396 g/mol. The van der Waals surface area contributed by atoms with E-state index in [4.69, 9.17) is 9.47 Å². The summed E-state index contributed by atoms with van der Waals surface area (Å²) in [7, 11) is -3.71. The van der Waals surface area contributed by atoms with Crippen molar-refractivity contribution in [2.75, 3.05) is 13.3 Å². The standard InChI is InChI=1S/C17H17FN2O6S/c18-15-7-13(17-14(8-15)9-25-11-26-17)4-5-19-27(23,24)10-12-2-1-3-16(6-12)20(21)22/h1-3,6-8,19H,4-5,9-11H2. The van der Waals surface area contributed by atoms with Crippen LogP contribution < -0.4 is 9.46 Å². The van der Waals surface area contributed by atoms with Crippen LogP contribution in [-0.2, 0) is 33.5 Å². The van der Waals surface area contributed by atoms with E-state index < -0.39 is 20.8 Å². The van der Waals surface area contributed by atoms with Crippen molar-refractivity contribution >= 4 is 15.7 Å². The van der Waals surface area contributed by atoms with Gasteiger partial charge >= 0.3 is 0 Å². The molecule has 1 heterocycles. The number of ether oxygens (including phenoxy) is 2. The maximum Gasteiger partial charge on any atom is 0.269 e. The molecular formula is C17H17FN2O6S. The van der Waals surface area contributed by atoms with Crippen LogP contribution in [0.15, 0.2) is 36.4 Å². The quantitative estimate of drug-likeness (QED) is 0.568. The van der Waals surface area contributed by atoms with Gasteiger partial charge in [0.15, 0.2) is 6.79 Å². The first kappa shape index (κ1) is 19.2. The number of nitro groups is 1. The Labute approximate surface area is 155 Å². The third-order valence-corrected chi connectivity index (χ3v) is 5.30. The van der Waals surface area contributed by atoms with E-state index in [-0.39, 0.29) is 37.8 Å². The molecule has 0 unspecified atom stereocenters. The van der Waals surface area contributed by atoms with Crippen LogP contribution in [0.4, 0.5) is 10.1 Å². The van der Waals surface area contributed by atoms with Crippen molar-refractivity contribution in [3.63, 3.8) is 0 Å². The fourth-order valence-corrected chi connectivity index (χ4v) is 3.95. The van der Waals surface area contributed by atoms with Crippen molar-refractivity contribution in [2.45, 2.75) is 18.8 Å². The van der Waals surface area contributed by atoms with E-state index in [0.717, 1.165) is 0 Å². The maximum absolute atomic E-state index is 13.7. The van der Waals surface area contributed by atoms with E-state index in [9.17, 15) is 22.9 Å². The van der Waals surface area contributed by atoms with Crippen LogP contribution >= 0.6 is 0 Å². The molecule has 1 aliphatic heterocycles. The Morgan fingerprint density at radius 2 is 2.07 bits per heavy atom. The fraction of sp³-hybridized carbons (Fsp3) is 0.294. The molecule has 0 aliphatic carbocycles. The van der Waals surface area contributed by atoms with Gasteiger partial charge in [0.05, 0.1) is 17.3 Å². The highest BCUT2D eigenvalue weighted by molar-refractivity contribution is 7.88. The average Bonchev–Trinajstić information content (AvgIpc) is 2.61. The van der Waals surface area contributed by atoms with E-state index in [1.165, 1.54) is 36.4 Å². The predicted octanol–water partition coefficient (Wildman–Crippen LogP) is 2.26.